The van der Waals surface area contributed by atoms with E-state index < -0.39 is 0 Å². The minimum absolute atomic E-state index is 0.550. The van der Waals surface area contributed by atoms with Crippen LogP contribution in [0.2, 0.25) is 0 Å². The minimum Gasteiger partial charge on any atom is -0.492 e. The molecule has 96 valence electrons. The van der Waals surface area contributed by atoms with Gasteiger partial charge >= 0.3 is 0 Å². The third kappa shape index (κ3) is 5.09. The van der Waals surface area contributed by atoms with Gasteiger partial charge in [0.05, 0.1) is 11.1 Å². The predicted octanol–water partition coefficient (Wildman–Crippen LogP) is 3.95. The predicted molar refractivity (Wildman–Crippen MR) is 76.9 cm³/mol. The fourth-order valence-electron chi connectivity index (χ4n) is 1.55. The second kappa shape index (κ2) is 7.72. The van der Waals surface area contributed by atoms with Crippen LogP contribution in [-0.4, -0.2) is 19.7 Å². The Morgan fingerprint density at radius 1 is 1.35 bits per heavy atom. The van der Waals surface area contributed by atoms with Crippen molar-refractivity contribution in [1.29, 1.82) is 0 Å². The van der Waals surface area contributed by atoms with Gasteiger partial charge in [-0.1, -0.05) is 26.8 Å². The molecule has 0 aliphatic rings. The lowest BCUT2D eigenvalue weighted by Gasteiger charge is -2.11. The molecule has 1 aromatic carbocycles. The van der Waals surface area contributed by atoms with Crippen molar-refractivity contribution >= 4 is 15.9 Å². The molecule has 0 unspecified atom stereocenters. The van der Waals surface area contributed by atoms with Crippen molar-refractivity contribution in [1.82, 2.24) is 5.32 Å². The highest BCUT2D eigenvalue weighted by molar-refractivity contribution is 9.10. The average molecular weight is 300 g/mol. The Balaban J connectivity index is 2.43. The lowest BCUT2D eigenvalue weighted by Crippen LogP contribution is -2.16. The molecular formula is C14H22BrNO. The molecule has 1 N–H and O–H groups in total. The number of nitrogens with one attached hydrogen (secondary N) is 1. The molecule has 0 radical (unpaired) electrons. The third-order valence-corrected chi connectivity index (χ3v) is 3.25. The molecule has 0 saturated carbocycles. The van der Waals surface area contributed by atoms with Crippen LogP contribution in [0.4, 0.5) is 0 Å². The van der Waals surface area contributed by atoms with E-state index in [2.05, 4.69) is 54.2 Å². The van der Waals surface area contributed by atoms with Gasteiger partial charge in [-0.15, -0.1) is 0 Å². The molecular weight excluding hydrogens is 278 g/mol. The summed E-state index contributed by atoms with van der Waals surface area (Å²) in [5.74, 6) is 1.49. The zero-order valence-corrected chi connectivity index (χ0v) is 12.5. The van der Waals surface area contributed by atoms with Gasteiger partial charge in [-0.3, -0.25) is 0 Å². The first-order valence-electron chi connectivity index (χ1n) is 6.28. The summed E-state index contributed by atoms with van der Waals surface area (Å²) >= 11 is 3.56. The highest BCUT2D eigenvalue weighted by Gasteiger charge is 2.05. The van der Waals surface area contributed by atoms with Crippen molar-refractivity contribution in [3.05, 3.63) is 28.2 Å². The van der Waals surface area contributed by atoms with E-state index in [-0.39, 0.29) is 0 Å². The molecule has 0 aliphatic heterocycles. The molecule has 0 aromatic heterocycles. The van der Waals surface area contributed by atoms with Gasteiger partial charge in [0.2, 0.25) is 0 Å². The maximum Gasteiger partial charge on any atom is 0.133 e. The normalized spacial score (nSPS) is 10.9. The van der Waals surface area contributed by atoms with Crippen LogP contribution in [0.1, 0.15) is 38.7 Å². The van der Waals surface area contributed by atoms with Crippen LogP contribution in [-0.2, 0) is 0 Å². The lowest BCUT2D eigenvalue weighted by atomic mass is 10.0. The molecule has 1 rings (SSSR count). The quantitative estimate of drug-likeness (QED) is 0.770. The molecule has 3 heteroatoms. The Morgan fingerprint density at radius 2 is 2.12 bits per heavy atom. The monoisotopic (exact) mass is 299 g/mol. The van der Waals surface area contributed by atoms with E-state index in [4.69, 9.17) is 4.74 Å². The molecule has 0 spiro atoms. The molecule has 0 aliphatic carbocycles. The van der Waals surface area contributed by atoms with E-state index in [0.717, 1.165) is 36.3 Å². The number of benzene rings is 1. The second-order valence-electron chi connectivity index (χ2n) is 4.40. The van der Waals surface area contributed by atoms with Crippen LogP contribution in [0.25, 0.3) is 0 Å². The zero-order chi connectivity index (χ0) is 12.7. The van der Waals surface area contributed by atoms with Crippen molar-refractivity contribution < 1.29 is 4.74 Å². The Hall–Kier alpha value is -0.540. The van der Waals surface area contributed by atoms with Gasteiger partial charge in [0.15, 0.2) is 0 Å². The highest BCUT2D eigenvalue weighted by atomic mass is 79.9. The number of halogens is 1. The maximum atomic E-state index is 5.73. The van der Waals surface area contributed by atoms with Crippen molar-refractivity contribution in [2.45, 2.75) is 33.1 Å². The van der Waals surface area contributed by atoms with Crippen LogP contribution in [0.3, 0.4) is 0 Å². The summed E-state index contributed by atoms with van der Waals surface area (Å²) < 4.78 is 6.78. The molecule has 0 heterocycles. The summed E-state index contributed by atoms with van der Waals surface area (Å²) in [5, 5.41) is 3.28. The fourth-order valence-corrected chi connectivity index (χ4v) is 2.06. The standard InChI is InChI=1S/C14H22BrNO/c1-4-16-8-5-9-17-14-7-6-12(11(2)3)10-13(14)15/h6-7,10-11,16H,4-5,8-9H2,1-3H3. The van der Waals surface area contributed by atoms with Gasteiger partial charge in [0, 0.05) is 0 Å². The Bertz CT molecular complexity index is 339. The maximum absolute atomic E-state index is 5.73. The molecule has 1 aromatic rings. The van der Waals surface area contributed by atoms with Crippen LogP contribution in [0, 0.1) is 0 Å². The van der Waals surface area contributed by atoms with Gasteiger partial charge in [0.25, 0.3) is 0 Å². The van der Waals surface area contributed by atoms with Crippen LogP contribution in [0.15, 0.2) is 22.7 Å². The van der Waals surface area contributed by atoms with Crippen molar-refractivity contribution in [3.63, 3.8) is 0 Å². The van der Waals surface area contributed by atoms with Gasteiger partial charge in [0.1, 0.15) is 5.75 Å². The first kappa shape index (κ1) is 14.5. The first-order chi connectivity index (χ1) is 8.15. The number of hydrogen-bond acceptors (Lipinski definition) is 2. The van der Waals surface area contributed by atoms with Gasteiger partial charge in [-0.05, 0) is 59.1 Å². The minimum atomic E-state index is 0.550. The van der Waals surface area contributed by atoms with E-state index >= 15 is 0 Å². The third-order valence-electron chi connectivity index (χ3n) is 2.63. The largest absolute Gasteiger partial charge is 0.492 e. The molecule has 0 fully saturated rings. The fraction of sp³-hybridized carbons (Fsp3) is 0.571. The van der Waals surface area contributed by atoms with Gasteiger partial charge < -0.3 is 10.1 Å². The number of rotatable bonds is 7. The van der Waals surface area contributed by atoms with Crippen LogP contribution in [0.5, 0.6) is 5.75 Å². The lowest BCUT2D eigenvalue weighted by molar-refractivity contribution is 0.307. The summed E-state index contributed by atoms with van der Waals surface area (Å²) in [5.41, 5.74) is 1.33. The van der Waals surface area contributed by atoms with E-state index in [0.29, 0.717) is 5.92 Å². The van der Waals surface area contributed by atoms with E-state index in [1.165, 1.54) is 5.56 Å². The van der Waals surface area contributed by atoms with Crippen molar-refractivity contribution in [2.75, 3.05) is 19.7 Å². The zero-order valence-electron chi connectivity index (χ0n) is 10.9. The Morgan fingerprint density at radius 3 is 2.71 bits per heavy atom. The summed E-state index contributed by atoms with van der Waals surface area (Å²) in [4.78, 5) is 0. The van der Waals surface area contributed by atoms with Crippen LogP contribution < -0.4 is 10.1 Å². The second-order valence-corrected chi connectivity index (χ2v) is 5.25. The first-order valence-corrected chi connectivity index (χ1v) is 7.07. The Kier molecular flexibility index (Phi) is 6.60. The van der Waals surface area contributed by atoms with Gasteiger partial charge in [-0.25, -0.2) is 0 Å². The summed E-state index contributed by atoms with van der Waals surface area (Å²) in [6, 6.07) is 6.33. The molecule has 0 saturated heterocycles. The van der Waals surface area contributed by atoms with E-state index in [1.54, 1.807) is 0 Å². The molecule has 0 bridgehead atoms. The Labute approximate surface area is 113 Å². The number of hydrogen-bond donors (Lipinski definition) is 1. The summed E-state index contributed by atoms with van der Waals surface area (Å²) in [6.07, 6.45) is 1.03. The number of ether oxygens (including phenoxy) is 1. The van der Waals surface area contributed by atoms with Crippen LogP contribution >= 0.6 is 15.9 Å². The summed E-state index contributed by atoms with van der Waals surface area (Å²) in [6.45, 7) is 9.29. The summed E-state index contributed by atoms with van der Waals surface area (Å²) in [7, 11) is 0. The topological polar surface area (TPSA) is 21.3 Å². The van der Waals surface area contributed by atoms with E-state index in [9.17, 15) is 0 Å². The molecule has 0 amide bonds. The molecule has 2 nitrogen and oxygen atoms in total. The SMILES string of the molecule is CCNCCCOc1ccc(C(C)C)cc1Br. The van der Waals surface area contributed by atoms with Crippen molar-refractivity contribution in [2.24, 2.45) is 0 Å². The average Bonchev–Trinajstić information content (AvgIpc) is 2.30. The highest BCUT2D eigenvalue weighted by Crippen LogP contribution is 2.28. The van der Waals surface area contributed by atoms with E-state index in [1.807, 2.05) is 6.07 Å². The van der Waals surface area contributed by atoms with Gasteiger partial charge in [-0.2, -0.15) is 0 Å². The van der Waals surface area contributed by atoms with Crippen molar-refractivity contribution in [3.8, 4) is 5.75 Å². The molecule has 0 atom stereocenters. The smallest absolute Gasteiger partial charge is 0.133 e. The molecule has 17 heavy (non-hydrogen) atoms.